The van der Waals surface area contributed by atoms with Crippen molar-refractivity contribution in [3.05, 3.63) is 24.2 Å². The summed E-state index contributed by atoms with van der Waals surface area (Å²) in [6, 6.07) is 1.18. The summed E-state index contributed by atoms with van der Waals surface area (Å²) in [6.07, 6.45) is 2.79. The molecular weight excluding hydrogens is 246 g/mol. The van der Waals surface area contributed by atoms with Crippen molar-refractivity contribution < 1.29 is 14.0 Å². The van der Waals surface area contributed by atoms with E-state index in [0.29, 0.717) is 12.1 Å². The molecule has 1 aliphatic heterocycles. The number of hydrogen-bond donors (Lipinski definition) is 2. The Morgan fingerprint density at radius 3 is 3.00 bits per heavy atom. The Morgan fingerprint density at radius 2 is 2.37 bits per heavy atom. The molecular formula is C13H19N3O3. The minimum atomic E-state index is -0.539. The first kappa shape index (κ1) is 13.6. The zero-order chi connectivity index (χ0) is 13.8. The lowest BCUT2D eigenvalue weighted by Crippen LogP contribution is -2.57. The topological polar surface area (TPSA) is 74.6 Å². The van der Waals surface area contributed by atoms with E-state index in [2.05, 4.69) is 10.6 Å². The van der Waals surface area contributed by atoms with Gasteiger partial charge in [-0.15, -0.1) is 0 Å². The molecule has 2 N–H and O–H groups in total. The maximum Gasteiger partial charge on any atom is 0.255 e. The Kier molecular flexibility index (Phi) is 4.21. The molecule has 2 rings (SSSR count). The molecule has 19 heavy (non-hydrogen) atoms. The van der Waals surface area contributed by atoms with E-state index in [0.717, 1.165) is 13.1 Å². The largest absolute Gasteiger partial charge is 0.472 e. The van der Waals surface area contributed by atoms with E-state index in [9.17, 15) is 9.59 Å². The summed E-state index contributed by atoms with van der Waals surface area (Å²) < 4.78 is 4.85. The molecule has 0 radical (unpaired) electrons. The van der Waals surface area contributed by atoms with E-state index in [1.807, 2.05) is 6.92 Å². The monoisotopic (exact) mass is 265 g/mol. The SMILES string of the molecule is CC(NC(=O)c1ccoc1)C(=O)N1CCNC[C@@H]1C. The number of amides is 2. The highest BCUT2D eigenvalue weighted by Crippen LogP contribution is 2.06. The van der Waals surface area contributed by atoms with Gasteiger partial charge in [0.25, 0.3) is 5.91 Å². The van der Waals surface area contributed by atoms with Crippen LogP contribution in [0.2, 0.25) is 0 Å². The second kappa shape index (κ2) is 5.88. The van der Waals surface area contributed by atoms with Crippen molar-refractivity contribution in [3.8, 4) is 0 Å². The van der Waals surface area contributed by atoms with E-state index >= 15 is 0 Å². The van der Waals surface area contributed by atoms with Gasteiger partial charge in [0.15, 0.2) is 0 Å². The number of carbonyl (C=O) groups excluding carboxylic acids is 2. The Bertz CT molecular complexity index is 444. The predicted molar refractivity (Wildman–Crippen MR) is 69.7 cm³/mol. The van der Waals surface area contributed by atoms with E-state index in [4.69, 9.17) is 4.42 Å². The van der Waals surface area contributed by atoms with Gasteiger partial charge in [0.2, 0.25) is 5.91 Å². The Hall–Kier alpha value is -1.82. The van der Waals surface area contributed by atoms with Crippen LogP contribution in [0.4, 0.5) is 0 Å². The second-order valence-electron chi connectivity index (χ2n) is 4.79. The van der Waals surface area contributed by atoms with Crippen molar-refractivity contribution in [2.24, 2.45) is 0 Å². The molecule has 0 saturated carbocycles. The molecule has 1 aliphatic rings. The number of rotatable bonds is 3. The highest BCUT2D eigenvalue weighted by molar-refractivity contribution is 5.97. The third-order valence-corrected chi connectivity index (χ3v) is 3.29. The third kappa shape index (κ3) is 3.14. The first-order valence-corrected chi connectivity index (χ1v) is 6.44. The van der Waals surface area contributed by atoms with Crippen LogP contribution in [-0.2, 0) is 4.79 Å². The average molecular weight is 265 g/mol. The summed E-state index contributed by atoms with van der Waals surface area (Å²) in [6.45, 7) is 5.95. The van der Waals surface area contributed by atoms with Gasteiger partial charge in [-0.2, -0.15) is 0 Å². The molecule has 1 unspecified atom stereocenters. The fourth-order valence-electron chi connectivity index (χ4n) is 2.15. The van der Waals surface area contributed by atoms with Crippen LogP contribution in [0.15, 0.2) is 23.0 Å². The van der Waals surface area contributed by atoms with Crippen molar-refractivity contribution in [1.29, 1.82) is 0 Å². The number of carbonyl (C=O) groups is 2. The molecule has 0 aliphatic carbocycles. The van der Waals surface area contributed by atoms with Crippen LogP contribution < -0.4 is 10.6 Å². The van der Waals surface area contributed by atoms with Gasteiger partial charge in [0, 0.05) is 25.7 Å². The molecule has 2 amide bonds. The maximum atomic E-state index is 12.3. The minimum Gasteiger partial charge on any atom is -0.472 e. The molecule has 6 nitrogen and oxygen atoms in total. The van der Waals surface area contributed by atoms with E-state index < -0.39 is 6.04 Å². The molecule has 1 fully saturated rings. The van der Waals surface area contributed by atoms with Crippen molar-refractivity contribution in [2.45, 2.75) is 25.9 Å². The summed E-state index contributed by atoms with van der Waals surface area (Å²) in [5.41, 5.74) is 0.424. The van der Waals surface area contributed by atoms with Gasteiger partial charge in [-0.25, -0.2) is 0 Å². The highest BCUT2D eigenvalue weighted by atomic mass is 16.3. The Balaban J connectivity index is 1.93. The molecule has 104 valence electrons. The molecule has 0 bridgehead atoms. The smallest absolute Gasteiger partial charge is 0.255 e. The minimum absolute atomic E-state index is 0.0501. The molecule has 1 aromatic heterocycles. The Morgan fingerprint density at radius 1 is 1.58 bits per heavy atom. The second-order valence-corrected chi connectivity index (χ2v) is 4.79. The summed E-state index contributed by atoms with van der Waals surface area (Å²) in [4.78, 5) is 25.9. The molecule has 1 aromatic rings. The Labute approximate surface area is 112 Å². The fourth-order valence-corrected chi connectivity index (χ4v) is 2.15. The number of piperazine rings is 1. The quantitative estimate of drug-likeness (QED) is 0.820. The number of nitrogens with zero attached hydrogens (tertiary/aromatic N) is 1. The zero-order valence-electron chi connectivity index (χ0n) is 11.2. The van der Waals surface area contributed by atoms with Crippen LogP contribution in [-0.4, -0.2) is 48.4 Å². The van der Waals surface area contributed by atoms with Gasteiger partial charge in [-0.1, -0.05) is 0 Å². The molecule has 2 heterocycles. The normalized spacial score (nSPS) is 20.9. The first-order chi connectivity index (χ1) is 9.09. The van der Waals surface area contributed by atoms with Crippen molar-refractivity contribution >= 4 is 11.8 Å². The zero-order valence-corrected chi connectivity index (χ0v) is 11.2. The molecule has 6 heteroatoms. The van der Waals surface area contributed by atoms with Gasteiger partial charge < -0.3 is 20.0 Å². The van der Waals surface area contributed by atoms with Crippen LogP contribution in [0.3, 0.4) is 0 Å². The van der Waals surface area contributed by atoms with Gasteiger partial charge in [-0.3, -0.25) is 9.59 Å². The number of nitrogens with one attached hydrogen (secondary N) is 2. The van der Waals surface area contributed by atoms with Gasteiger partial charge >= 0.3 is 0 Å². The summed E-state index contributed by atoms with van der Waals surface area (Å²) in [5.74, 6) is -0.344. The van der Waals surface area contributed by atoms with E-state index in [1.54, 1.807) is 17.9 Å². The van der Waals surface area contributed by atoms with Crippen molar-refractivity contribution in [1.82, 2.24) is 15.5 Å². The first-order valence-electron chi connectivity index (χ1n) is 6.44. The van der Waals surface area contributed by atoms with Crippen LogP contribution >= 0.6 is 0 Å². The predicted octanol–water partition coefficient (Wildman–Crippen LogP) is 0.218. The summed E-state index contributed by atoms with van der Waals surface area (Å²) in [7, 11) is 0. The average Bonchev–Trinajstić information content (AvgIpc) is 2.92. The molecule has 1 saturated heterocycles. The molecule has 2 atom stereocenters. The summed E-state index contributed by atoms with van der Waals surface area (Å²) >= 11 is 0. The standard InChI is InChI=1S/C13H19N3O3/c1-9-7-14-4-5-16(9)13(18)10(2)15-12(17)11-3-6-19-8-11/h3,6,8-10,14H,4-5,7H2,1-2H3,(H,15,17)/t9-,10?/m0/s1. The lowest BCUT2D eigenvalue weighted by Gasteiger charge is -2.35. The molecule has 0 aromatic carbocycles. The van der Waals surface area contributed by atoms with Gasteiger partial charge in [0.1, 0.15) is 12.3 Å². The van der Waals surface area contributed by atoms with Crippen molar-refractivity contribution in [3.63, 3.8) is 0 Å². The van der Waals surface area contributed by atoms with E-state index in [-0.39, 0.29) is 17.9 Å². The highest BCUT2D eigenvalue weighted by Gasteiger charge is 2.27. The van der Waals surface area contributed by atoms with Crippen LogP contribution in [0.1, 0.15) is 24.2 Å². The van der Waals surface area contributed by atoms with E-state index in [1.165, 1.54) is 12.5 Å². The lowest BCUT2D eigenvalue weighted by molar-refractivity contribution is -0.135. The number of hydrogen-bond acceptors (Lipinski definition) is 4. The van der Waals surface area contributed by atoms with Gasteiger partial charge in [-0.05, 0) is 19.9 Å². The van der Waals surface area contributed by atoms with Crippen LogP contribution in [0, 0.1) is 0 Å². The summed E-state index contributed by atoms with van der Waals surface area (Å²) in [5, 5.41) is 5.92. The maximum absolute atomic E-state index is 12.3. The number of furan rings is 1. The fraction of sp³-hybridized carbons (Fsp3) is 0.538. The lowest BCUT2D eigenvalue weighted by atomic mass is 10.1. The van der Waals surface area contributed by atoms with Crippen LogP contribution in [0.5, 0.6) is 0 Å². The van der Waals surface area contributed by atoms with Crippen molar-refractivity contribution in [2.75, 3.05) is 19.6 Å². The van der Waals surface area contributed by atoms with Gasteiger partial charge in [0.05, 0.1) is 11.8 Å². The van der Waals surface area contributed by atoms with Crippen LogP contribution in [0.25, 0.3) is 0 Å². The molecule has 0 spiro atoms. The third-order valence-electron chi connectivity index (χ3n) is 3.29.